The zero-order valence-electron chi connectivity index (χ0n) is 19.0. The Morgan fingerprint density at radius 2 is 1.86 bits per heavy atom. The zero-order chi connectivity index (χ0) is 24.6. The van der Waals surface area contributed by atoms with Crippen LogP contribution >= 0.6 is 11.6 Å². The Kier molecular flexibility index (Phi) is 8.18. The van der Waals surface area contributed by atoms with Crippen LogP contribution in [0.1, 0.15) is 35.0 Å². The van der Waals surface area contributed by atoms with Gasteiger partial charge in [-0.15, -0.1) is 0 Å². The van der Waals surface area contributed by atoms with E-state index in [9.17, 15) is 14.4 Å². The molecule has 2 heterocycles. The average Bonchev–Trinajstić information content (AvgIpc) is 3.59. The Morgan fingerprint density at radius 1 is 1.03 bits per heavy atom. The Bertz CT molecular complexity index is 1150. The minimum absolute atomic E-state index is 0.0571. The summed E-state index contributed by atoms with van der Waals surface area (Å²) >= 11 is 6.23. The second-order valence-corrected chi connectivity index (χ2v) is 8.53. The fourth-order valence-corrected chi connectivity index (χ4v) is 4.15. The average molecular weight is 496 g/mol. The molecule has 8 nitrogen and oxygen atoms in total. The number of benzene rings is 2. The van der Waals surface area contributed by atoms with Crippen molar-refractivity contribution in [2.45, 2.75) is 25.0 Å². The molecule has 3 amide bonds. The lowest BCUT2D eigenvalue weighted by Crippen LogP contribution is -2.48. The maximum Gasteiger partial charge on any atom is 0.287 e. The largest absolute Gasteiger partial charge is 0.459 e. The van der Waals surface area contributed by atoms with Gasteiger partial charge < -0.3 is 19.8 Å². The smallest absolute Gasteiger partial charge is 0.287 e. The van der Waals surface area contributed by atoms with Gasteiger partial charge in [0.2, 0.25) is 11.8 Å². The standard InChI is InChI=1S/C26H26ClN3O5/c27-19-9-4-10-20(15-19)30(23(31)17-29-25(32)22-12-6-14-35-22)24(18-7-2-1-3-8-18)26(33)28-16-21-11-5-13-34-21/h1-4,6-10,12,14-15,21,24H,5,11,13,16-17H2,(H,28,33)(H,29,32). The van der Waals surface area contributed by atoms with Gasteiger partial charge in [-0.05, 0) is 48.7 Å². The lowest BCUT2D eigenvalue weighted by atomic mass is 10.0. The molecule has 2 atom stereocenters. The first kappa shape index (κ1) is 24.5. The zero-order valence-corrected chi connectivity index (χ0v) is 19.7. The highest BCUT2D eigenvalue weighted by molar-refractivity contribution is 6.31. The minimum Gasteiger partial charge on any atom is -0.459 e. The van der Waals surface area contributed by atoms with E-state index in [0.29, 0.717) is 29.4 Å². The number of carbonyl (C=O) groups excluding carboxylic acids is 3. The second-order valence-electron chi connectivity index (χ2n) is 8.10. The van der Waals surface area contributed by atoms with Crippen molar-refractivity contribution < 1.29 is 23.5 Å². The van der Waals surface area contributed by atoms with Crippen LogP contribution in [0.3, 0.4) is 0 Å². The van der Waals surface area contributed by atoms with Crippen LogP contribution in [0, 0.1) is 0 Å². The van der Waals surface area contributed by atoms with Gasteiger partial charge >= 0.3 is 0 Å². The molecule has 1 aliphatic rings. The summed E-state index contributed by atoms with van der Waals surface area (Å²) in [7, 11) is 0. The summed E-state index contributed by atoms with van der Waals surface area (Å²) < 4.78 is 10.7. The first-order valence-corrected chi connectivity index (χ1v) is 11.7. The van der Waals surface area contributed by atoms with Gasteiger partial charge in [0.1, 0.15) is 6.04 Å². The van der Waals surface area contributed by atoms with Crippen LogP contribution in [-0.2, 0) is 14.3 Å². The molecule has 1 saturated heterocycles. The molecular formula is C26H26ClN3O5. The molecule has 1 aliphatic heterocycles. The van der Waals surface area contributed by atoms with Gasteiger partial charge in [0, 0.05) is 23.9 Å². The van der Waals surface area contributed by atoms with Crippen LogP contribution in [0.2, 0.25) is 5.02 Å². The molecule has 0 bridgehead atoms. The molecule has 35 heavy (non-hydrogen) atoms. The Morgan fingerprint density at radius 3 is 2.54 bits per heavy atom. The van der Waals surface area contributed by atoms with E-state index in [4.69, 9.17) is 20.8 Å². The van der Waals surface area contributed by atoms with Crippen LogP contribution in [0.4, 0.5) is 5.69 Å². The molecule has 0 spiro atoms. The van der Waals surface area contributed by atoms with Crippen molar-refractivity contribution in [2.75, 3.05) is 24.6 Å². The molecule has 2 N–H and O–H groups in total. The van der Waals surface area contributed by atoms with E-state index >= 15 is 0 Å². The number of rotatable bonds is 9. The molecule has 3 aromatic rings. The van der Waals surface area contributed by atoms with E-state index in [2.05, 4.69) is 10.6 Å². The predicted molar refractivity (Wildman–Crippen MR) is 131 cm³/mol. The minimum atomic E-state index is -0.996. The topological polar surface area (TPSA) is 101 Å². The van der Waals surface area contributed by atoms with Crippen LogP contribution < -0.4 is 15.5 Å². The van der Waals surface area contributed by atoms with Crippen molar-refractivity contribution in [3.8, 4) is 0 Å². The monoisotopic (exact) mass is 495 g/mol. The van der Waals surface area contributed by atoms with E-state index in [1.165, 1.54) is 17.2 Å². The van der Waals surface area contributed by atoms with Crippen LogP contribution in [0.25, 0.3) is 0 Å². The number of furan rings is 1. The molecule has 182 valence electrons. The van der Waals surface area contributed by atoms with E-state index in [-0.39, 0.29) is 24.3 Å². The molecule has 2 unspecified atom stereocenters. The normalized spacial score (nSPS) is 15.9. The van der Waals surface area contributed by atoms with Crippen molar-refractivity contribution in [3.05, 3.63) is 89.3 Å². The summed E-state index contributed by atoms with van der Waals surface area (Å²) in [4.78, 5) is 40.8. The van der Waals surface area contributed by atoms with Gasteiger partial charge in [-0.25, -0.2) is 0 Å². The van der Waals surface area contributed by atoms with Gasteiger partial charge in [-0.1, -0.05) is 48.0 Å². The van der Waals surface area contributed by atoms with Gasteiger partial charge in [0.25, 0.3) is 5.91 Å². The highest BCUT2D eigenvalue weighted by Crippen LogP contribution is 2.30. The highest BCUT2D eigenvalue weighted by Gasteiger charge is 2.33. The van der Waals surface area contributed by atoms with Crippen molar-refractivity contribution in [1.29, 1.82) is 0 Å². The van der Waals surface area contributed by atoms with E-state index in [1.54, 1.807) is 54.6 Å². The fourth-order valence-electron chi connectivity index (χ4n) is 3.97. The van der Waals surface area contributed by atoms with E-state index in [0.717, 1.165) is 12.8 Å². The van der Waals surface area contributed by atoms with Gasteiger partial charge in [-0.3, -0.25) is 19.3 Å². The molecule has 0 radical (unpaired) electrons. The highest BCUT2D eigenvalue weighted by atomic mass is 35.5. The Hall–Kier alpha value is -3.62. The number of amides is 3. The van der Waals surface area contributed by atoms with Crippen molar-refractivity contribution in [2.24, 2.45) is 0 Å². The van der Waals surface area contributed by atoms with Crippen LogP contribution in [0.15, 0.2) is 77.4 Å². The molecule has 0 saturated carbocycles. The second kappa shape index (κ2) is 11.7. The predicted octanol–water partition coefficient (Wildman–Crippen LogP) is 3.73. The number of halogens is 1. The van der Waals surface area contributed by atoms with E-state index < -0.39 is 17.9 Å². The SMILES string of the molecule is O=C(NCC(=O)N(c1cccc(Cl)c1)C(C(=O)NCC1CCCO1)c1ccccc1)c1ccco1. The Balaban J connectivity index is 1.63. The summed E-state index contributed by atoms with van der Waals surface area (Å²) in [6.07, 6.45) is 3.13. The van der Waals surface area contributed by atoms with E-state index in [1.807, 2.05) is 6.07 Å². The summed E-state index contributed by atoms with van der Waals surface area (Å²) in [5.74, 6) is -1.31. The lowest BCUT2D eigenvalue weighted by Gasteiger charge is -2.32. The first-order chi connectivity index (χ1) is 17.0. The number of nitrogens with one attached hydrogen (secondary N) is 2. The summed E-state index contributed by atoms with van der Waals surface area (Å²) in [5.41, 5.74) is 1.04. The number of hydrogen-bond donors (Lipinski definition) is 2. The number of nitrogens with zero attached hydrogens (tertiary/aromatic N) is 1. The molecular weight excluding hydrogens is 470 g/mol. The van der Waals surface area contributed by atoms with Crippen molar-refractivity contribution in [1.82, 2.24) is 10.6 Å². The number of ether oxygens (including phenoxy) is 1. The Labute approximate surface area is 208 Å². The lowest BCUT2D eigenvalue weighted by molar-refractivity contribution is -0.126. The van der Waals surface area contributed by atoms with Crippen LogP contribution in [0.5, 0.6) is 0 Å². The molecule has 2 aromatic carbocycles. The number of anilines is 1. The van der Waals surface area contributed by atoms with Gasteiger partial charge in [-0.2, -0.15) is 0 Å². The van der Waals surface area contributed by atoms with Crippen molar-refractivity contribution >= 4 is 35.0 Å². The fraction of sp³-hybridized carbons (Fsp3) is 0.269. The van der Waals surface area contributed by atoms with Gasteiger partial charge in [0.05, 0.1) is 18.9 Å². The van der Waals surface area contributed by atoms with Crippen molar-refractivity contribution in [3.63, 3.8) is 0 Å². The number of hydrogen-bond acceptors (Lipinski definition) is 5. The molecule has 4 rings (SSSR count). The third kappa shape index (κ3) is 6.29. The summed E-state index contributed by atoms with van der Waals surface area (Å²) in [6.45, 7) is 0.661. The summed E-state index contributed by atoms with van der Waals surface area (Å²) in [5, 5.41) is 5.91. The maximum atomic E-state index is 13.5. The molecule has 1 aromatic heterocycles. The third-order valence-corrected chi connectivity index (χ3v) is 5.89. The van der Waals surface area contributed by atoms with Crippen LogP contribution in [-0.4, -0.2) is 43.5 Å². The molecule has 0 aliphatic carbocycles. The third-order valence-electron chi connectivity index (χ3n) is 5.65. The molecule has 9 heteroatoms. The number of carbonyl (C=O) groups is 3. The maximum absolute atomic E-state index is 13.5. The quantitative estimate of drug-likeness (QED) is 0.471. The summed E-state index contributed by atoms with van der Waals surface area (Å²) in [6, 6.07) is 17.8. The van der Waals surface area contributed by atoms with Gasteiger partial charge in [0.15, 0.2) is 5.76 Å². The first-order valence-electron chi connectivity index (χ1n) is 11.4. The molecule has 1 fully saturated rings.